The van der Waals surface area contributed by atoms with E-state index < -0.39 is 11.2 Å². The zero-order chi connectivity index (χ0) is 18.4. The number of amides is 1. The van der Waals surface area contributed by atoms with Crippen molar-refractivity contribution in [1.29, 1.82) is 0 Å². The fraction of sp³-hybridized carbons (Fsp3) is 0.706. The number of nitrogens with one attached hydrogen (secondary N) is 1. The summed E-state index contributed by atoms with van der Waals surface area (Å²) in [5, 5.41) is 0. The lowest BCUT2D eigenvalue weighted by Crippen LogP contribution is -2.45. The molecule has 1 amide bonds. The molecular formula is C17H28N4O4. The average Bonchev–Trinajstić information content (AvgIpc) is 2.61. The number of nitrogen functional groups attached to an aromatic ring is 1. The zero-order valence-corrected chi connectivity index (χ0v) is 15.0. The van der Waals surface area contributed by atoms with Crippen LogP contribution in [0.1, 0.15) is 45.4 Å². The summed E-state index contributed by atoms with van der Waals surface area (Å²) in [6.07, 6.45) is 5.46. The van der Waals surface area contributed by atoms with E-state index in [1.54, 1.807) is 0 Å². The van der Waals surface area contributed by atoms with E-state index in [0.29, 0.717) is 13.0 Å². The lowest BCUT2D eigenvalue weighted by atomic mass is 9.88. The van der Waals surface area contributed by atoms with Crippen LogP contribution in [0.5, 0.6) is 0 Å². The number of methoxy groups -OCH3 is 1. The number of nitrogens with zero attached hydrogens (tertiary/aromatic N) is 2. The molecule has 1 aromatic heterocycles. The van der Waals surface area contributed by atoms with E-state index in [2.05, 4.69) is 4.98 Å². The first-order valence-electron chi connectivity index (χ1n) is 8.94. The van der Waals surface area contributed by atoms with Crippen molar-refractivity contribution in [3.63, 3.8) is 0 Å². The van der Waals surface area contributed by atoms with Gasteiger partial charge in [0.25, 0.3) is 5.56 Å². The molecule has 1 saturated carbocycles. The van der Waals surface area contributed by atoms with Crippen LogP contribution in [0.4, 0.5) is 11.5 Å². The molecule has 0 bridgehead atoms. The smallest absolute Gasteiger partial charge is 0.330 e. The summed E-state index contributed by atoms with van der Waals surface area (Å²) < 4.78 is 6.41. The van der Waals surface area contributed by atoms with Crippen LogP contribution < -0.4 is 21.9 Å². The summed E-state index contributed by atoms with van der Waals surface area (Å²) in [5.74, 6) is -0.192. The molecule has 8 heteroatoms. The Morgan fingerprint density at radius 3 is 2.60 bits per heavy atom. The van der Waals surface area contributed by atoms with E-state index in [1.165, 1.54) is 16.6 Å². The number of aromatic nitrogens is 2. The van der Waals surface area contributed by atoms with Crippen molar-refractivity contribution in [2.75, 3.05) is 30.9 Å². The Morgan fingerprint density at radius 2 is 2.00 bits per heavy atom. The van der Waals surface area contributed by atoms with Gasteiger partial charge in [-0.3, -0.25) is 19.1 Å². The van der Waals surface area contributed by atoms with Gasteiger partial charge in [-0.05, 0) is 19.3 Å². The van der Waals surface area contributed by atoms with Gasteiger partial charge in [-0.1, -0.05) is 26.2 Å². The van der Waals surface area contributed by atoms with Gasteiger partial charge in [-0.25, -0.2) is 4.79 Å². The molecule has 0 radical (unpaired) electrons. The number of aromatic amines is 1. The van der Waals surface area contributed by atoms with E-state index in [0.717, 1.165) is 32.1 Å². The van der Waals surface area contributed by atoms with Gasteiger partial charge in [0, 0.05) is 26.1 Å². The molecule has 0 aromatic carbocycles. The number of hydrogen-bond acceptors (Lipinski definition) is 5. The molecule has 25 heavy (non-hydrogen) atoms. The normalized spacial score (nSPS) is 15.3. The Labute approximate surface area is 147 Å². The number of hydrogen-bond donors (Lipinski definition) is 2. The first kappa shape index (κ1) is 19.2. The first-order chi connectivity index (χ1) is 12.0. The fourth-order valence-electron chi connectivity index (χ4n) is 3.37. The maximum atomic E-state index is 13.0. The number of rotatable bonds is 7. The van der Waals surface area contributed by atoms with Crippen LogP contribution in [0.25, 0.3) is 0 Å². The molecule has 0 spiro atoms. The highest BCUT2D eigenvalue weighted by Gasteiger charge is 2.30. The molecule has 1 heterocycles. The van der Waals surface area contributed by atoms with Crippen LogP contribution in [0.2, 0.25) is 0 Å². The summed E-state index contributed by atoms with van der Waals surface area (Å²) in [7, 11) is 1.54. The minimum Gasteiger partial charge on any atom is -0.383 e. The molecule has 1 aliphatic rings. The van der Waals surface area contributed by atoms with Crippen molar-refractivity contribution in [2.45, 2.75) is 52.0 Å². The monoisotopic (exact) mass is 352 g/mol. The van der Waals surface area contributed by atoms with Crippen LogP contribution in [0.3, 0.4) is 0 Å². The second kappa shape index (κ2) is 8.84. The van der Waals surface area contributed by atoms with Gasteiger partial charge in [0.1, 0.15) is 5.82 Å². The maximum absolute atomic E-state index is 13.0. The van der Waals surface area contributed by atoms with E-state index in [-0.39, 0.29) is 36.5 Å². The number of ether oxygens (including phenoxy) is 1. The van der Waals surface area contributed by atoms with Crippen LogP contribution in [0, 0.1) is 5.92 Å². The highest BCUT2D eigenvalue weighted by Crippen LogP contribution is 2.28. The van der Waals surface area contributed by atoms with Crippen molar-refractivity contribution in [2.24, 2.45) is 5.92 Å². The summed E-state index contributed by atoms with van der Waals surface area (Å²) >= 11 is 0. The quantitative estimate of drug-likeness (QED) is 0.763. The Balaban J connectivity index is 2.46. The maximum Gasteiger partial charge on any atom is 0.330 e. The number of anilines is 2. The van der Waals surface area contributed by atoms with E-state index in [1.807, 2.05) is 6.92 Å². The van der Waals surface area contributed by atoms with Crippen LogP contribution in [-0.4, -0.2) is 35.7 Å². The van der Waals surface area contributed by atoms with Gasteiger partial charge in [0.05, 0.1) is 6.61 Å². The molecule has 3 N–H and O–H groups in total. The second-order valence-corrected chi connectivity index (χ2v) is 6.46. The predicted octanol–water partition coefficient (Wildman–Crippen LogP) is 1.09. The molecule has 0 atom stereocenters. The van der Waals surface area contributed by atoms with Crippen molar-refractivity contribution in [3.8, 4) is 0 Å². The molecule has 1 aromatic rings. The Hall–Kier alpha value is -2.09. The summed E-state index contributed by atoms with van der Waals surface area (Å²) in [6.45, 7) is 2.80. The van der Waals surface area contributed by atoms with E-state index in [4.69, 9.17) is 10.5 Å². The lowest BCUT2D eigenvalue weighted by Gasteiger charge is -2.29. The third-order valence-corrected chi connectivity index (χ3v) is 4.67. The molecule has 1 fully saturated rings. The number of carbonyl (C=O) groups is 1. The van der Waals surface area contributed by atoms with Gasteiger partial charge in [-0.15, -0.1) is 0 Å². The second-order valence-electron chi connectivity index (χ2n) is 6.46. The largest absolute Gasteiger partial charge is 0.383 e. The molecule has 0 unspecified atom stereocenters. The summed E-state index contributed by atoms with van der Waals surface area (Å²) in [4.78, 5) is 41.2. The van der Waals surface area contributed by atoms with Gasteiger partial charge in [-0.2, -0.15) is 0 Å². The molecule has 0 saturated heterocycles. The first-order valence-corrected chi connectivity index (χ1v) is 8.94. The highest BCUT2D eigenvalue weighted by atomic mass is 16.5. The average molecular weight is 352 g/mol. The molecule has 8 nitrogen and oxygen atoms in total. The van der Waals surface area contributed by atoms with Gasteiger partial charge < -0.3 is 15.4 Å². The summed E-state index contributed by atoms with van der Waals surface area (Å²) in [5.41, 5.74) is 4.99. The molecule has 1 aliphatic carbocycles. The fourth-order valence-corrected chi connectivity index (χ4v) is 3.37. The standard InChI is InChI=1S/C17H28N4O4/c1-3-9-21-14(18)13(15(22)19-17(21)24)20(10-11-25-2)16(23)12-7-5-4-6-8-12/h12H,3-11,18H2,1-2H3,(H,19,22,24). The molecule has 0 aliphatic heterocycles. The topological polar surface area (TPSA) is 110 Å². The number of H-pyrrole nitrogens is 1. The van der Waals surface area contributed by atoms with Gasteiger partial charge >= 0.3 is 5.69 Å². The molecule has 140 valence electrons. The van der Waals surface area contributed by atoms with E-state index >= 15 is 0 Å². The van der Waals surface area contributed by atoms with Crippen LogP contribution in [0.15, 0.2) is 9.59 Å². The third-order valence-electron chi connectivity index (χ3n) is 4.67. The summed E-state index contributed by atoms with van der Waals surface area (Å²) in [6, 6.07) is 0. The minimum atomic E-state index is -0.630. The van der Waals surface area contributed by atoms with Crippen molar-refractivity contribution >= 4 is 17.4 Å². The molecule has 2 rings (SSSR count). The minimum absolute atomic E-state index is 0.0378. The SMILES string of the molecule is CCCn1c(N)c(N(CCOC)C(=O)C2CCCCC2)c(=O)[nH]c1=O. The Bertz CT molecular complexity index is 704. The number of nitrogens with two attached hydrogens (primary N) is 1. The Kier molecular flexibility index (Phi) is 6.81. The van der Waals surface area contributed by atoms with Crippen LogP contribution >= 0.6 is 0 Å². The Morgan fingerprint density at radius 1 is 1.32 bits per heavy atom. The van der Waals surface area contributed by atoms with E-state index in [9.17, 15) is 14.4 Å². The van der Waals surface area contributed by atoms with Gasteiger partial charge in [0.2, 0.25) is 5.91 Å². The van der Waals surface area contributed by atoms with Gasteiger partial charge in [0.15, 0.2) is 5.69 Å². The third kappa shape index (κ3) is 4.31. The molecular weight excluding hydrogens is 324 g/mol. The number of carbonyl (C=O) groups excluding carboxylic acids is 1. The predicted molar refractivity (Wildman–Crippen MR) is 96.8 cm³/mol. The highest BCUT2D eigenvalue weighted by molar-refractivity contribution is 5.97. The van der Waals surface area contributed by atoms with Crippen molar-refractivity contribution in [1.82, 2.24) is 9.55 Å². The lowest BCUT2D eigenvalue weighted by molar-refractivity contribution is -0.123. The van der Waals surface area contributed by atoms with Crippen LogP contribution in [-0.2, 0) is 16.1 Å². The van der Waals surface area contributed by atoms with Crippen molar-refractivity contribution in [3.05, 3.63) is 20.8 Å². The van der Waals surface area contributed by atoms with Crippen molar-refractivity contribution < 1.29 is 9.53 Å². The zero-order valence-electron chi connectivity index (χ0n) is 15.0.